The van der Waals surface area contributed by atoms with Crippen LogP contribution in [0.15, 0.2) is 6.20 Å². The first-order chi connectivity index (χ1) is 9.74. The van der Waals surface area contributed by atoms with E-state index in [1.807, 2.05) is 6.92 Å². The van der Waals surface area contributed by atoms with Crippen molar-refractivity contribution in [3.63, 3.8) is 0 Å². The molecule has 2 aromatic heterocycles. The molecule has 0 spiro atoms. The lowest BCUT2D eigenvalue weighted by molar-refractivity contribution is 0.292. The second kappa shape index (κ2) is 6.78. The summed E-state index contributed by atoms with van der Waals surface area (Å²) in [7, 11) is 1.79. The number of rotatable bonds is 7. The van der Waals surface area contributed by atoms with Gasteiger partial charge in [-0.05, 0) is 12.8 Å². The van der Waals surface area contributed by atoms with Crippen LogP contribution < -0.4 is 10.1 Å². The normalized spacial score (nSPS) is 10.6. The molecule has 1 N–H and O–H groups in total. The third kappa shape index (κ3) is 3.40. The average Bonchev–Trinajstić information content (AvgIpc) is 2.89. The fraction of sp³-hybridized carbons (Fsp3) is 0.583. The van der Waals surface area contributed by atoms with E-state index >= 15 is 0 Å². The van der Waals surface area contributed by atoms with Gasteiger partial charge in [-0.1, -0.05) is 19.1 Å². The lowest BCUT2D eigenvalue weighted by Gasteiger charge is -2.08. The van der Waals surface area contributed by atoms with Crippen molar-refractivity contribution in [1.82, 2.24) is 29.9 Å². The Hall–Kier alpha value is -2.25. The van der Waals surface area contributed by atoms with Crippen LogP contribution in [0, 0.1) is 0 Å². The summed E-state index contributed by atoms with van der Waals surface area (Å²) in [4.78, 5) is 12.9. The summed E-state index contributed by atoms with van der Waals surface area (Å²) in [6.07, 6.45) is 3.49. The molecule has 0 fully saturated rings. The van der Waals surface area contributed by atoms with Gasteiger partial charge in [-0.15, -0.1) is 5.10 Å². The highest BCUT2D eigenvalue weighted by Gasteiger charge is 2.12. The van der Waals surface area contributed by atoms with Gasteiger partial charge >= 0.3 is 6.01 Å². The van der Waals surface area contributed by atoms with Gasteiger partial charge in [0.05, 0.1) is 12.8 Å². The minimum Gasteiger partial charge on any atom is -0.463 e. The fourth-order valence-corrected chi connectivity index (χ4v) is 1.54. The Labute approximate surface area is 117 Å². The van der Waals surface area contributed by atoms with Crippen molar-refractivity contribution >= 4 is 5.95 Å². The first-order valence-electron chi connectivity index (χ1n) is 6.72. The molecule has 0 aliphatic carbocycles. The molecule has 8 heteroatoms. The predicted molar refractivity (Wildman–Crippen MR) is 74.4 cm³/mol. The second-order valence-electron chi connectivity index (χ2n) is 4.28. The Morgan fingerprint density at radius 2 is 2.05 bits per heavy atom. The van der Waals surface area contributed by atoms with Gasteiger partial charge in [0.25, 0.3) is 0 Å². The van der Waals surface area contributed by atoms with Crippen LogP contribution in [0.2, 0.25) is 0 Å². The van der Waals surface area contributed by atoms with Crippen LogP contribution in [0.5, 0.6) is 6.01 Å². The highest BCUT2D eigenvalue weighted by molar-refractivity contribution is 5.50. The molecule has 0 aromatic carbocycles. The van der Waals surface area contributed by atoms with E-state index in [2.05, 4.69) is 37.5 Å². The average molecular weight is 277 g/mol. The summed E-state index contributed by atoms with van der Waals surface area (Å²) >= 11 is 0. The van der Waals surface area contributed by atoms with Crippen LogP contribution in [0.3, 0.4) is 0 Å². The Morgan fingerprint density at radius 1 is 1.20 bits per heavy atom. The topological polar surface area (TPSA) is 90.6 Å². The summed E-state index contributed by atoms with van der Waals surface area (Å²) in [5, 5.41) is 10.9. The van der Waals surface area contributed by atoms with E-state index in [-0.39, 0.29) is 0 Å². The maximum Gasteiger partial charge on any atom is 0.321 e. The predicted octanol–water partition coefficient (Wildman–Crippen LogP) is 1.28. The van der Waals surface area contributed by atoms with E-state index in [0.29, 0.717) is 30.1 Å². The lowest BCUT2D eigenvalue weighted by atomic mass is 10.4. The van der Waals surface area contributed by atoms with Gasteiger partial charge in [-0.2, -0.15) is 15.0 Å². The summed E-state index contributed by atoms with van der Waals surface area (Å²) in [5.41, 5.74) is 0.716. The van der Waals surface area contributed by atoms with Gasteiger partial charge in [0, 0.05) is 13.6 Å². The van der Waals surface area contributed by atoms with Crippen molar-refractivity contribution in [3.8, 4) is 17.5 Å². The minimum atomic E-state index is 0.316. The van der Waals surface area contributed by atoms with Gasteiger partial charge in [-0.25, -0.2) is 4.68 Å². The zero-order valence-corrected chi connectivity index (χ0v) is 12.0. The largest absolute Gasteiger partial charge is 0.463 e. The van der Waals surface area contributed by atoms with Crippen molar-refractivity contribution in [2.24, 2.45) is 7.05 Å². The van der Waals surface area contributed by atoms with Crippen LogP contribution in [0.25, 0.3) is 11.5 Å². The maximum atomic E-state index is 5.50. The number of aryl methyl sites for hydroxylation is 1. The number of ether oxygens (including phenoxy) is 1. The van der Waals surface area contributed by atoms with E-state index in [0.717, 1.165) is 19.4 Å². The van der Waals surface area contributed by atoms with Gasteiger partial charge in [0.15, 0.2) is 5.82 Å². The van der Waals surface area contributed by atoms with Crippen molar-refractivity contribution < 1.29 is 4.74 Å². The maximum absolute atomic E-state index is 5.50. The molecule has 0 unspecified atom stereocenters. The molecule has 0 atom stereocenters. The Kier molecular flexibility index (Phi) is 4.80. The van der Waals surface area contributed by atoms with Crippen LogP contribution in [0.4, 0.5) is 5.95 Å². The molecule has 0 aliphatic heterocycles. The minimum absolute atomic E-state index is 0.316. The van der Waals surface area contributed by atoms with Crippen LogP contribution in [-0.4, -0.2) is 43.1 Å². The molecule has 0 amide bonds. The SMILES string of the molecule is CCCNc1nc(OCCC)nc(-c2cnnn2C)n1. The van der Waals surface area contributed by atoms with Gasteiger partial charge in [0.1, 0.15) is 5.69 Å². The second-order valence-corrected chi connectivity index (χ2v) is 4.28. The van der Waals surface area contributed by atoms with Crippen LogP contribution in [-0.2, 0) is 7.05 Å². The van der Waals surface area contributed by atoms with Crippen LogP contribution >= 0.6 is 0 Å². The highest BCUT2D eigenvalue weighted by atomic mass is 16.5. The first-order valence-corrected chi connectivity index (χ1v) is 6.72. The molecule has 108 valence electrons. The van der Waals surface area contributed by atoms with E-state index in [1.165, 1.54) is 0 Å². The van der Waals surface area contributed by atoms with E-state index in [4.69, 9.17) is 4.74 Å². The number of nitrogens with one attached hydrogen (secondary N) is 1. The Morgan fingerprint density at radius 3 is 2.70 bits per heavy atom. The lowest BCUT2D eigenvalue weighted by Crippen LogP contribution is -2.10. The van der Waals surface area contributed by atoms with Crippen LogP contribution in [0.1, 0.15) is 26.7 Å². The Bertz CT molecular complexity index is 528. The number of hydrogen-bond acceptors (Lipinski definition) is 7. The van der Waals surface area contributed by atoms with Gasteiger partial charge < -0.3 is 10.1 Å². The third-order valence-corrected chi connectivity index (χ3v) is 2.53. The van der Waals surface area contributed by atoms with Gasteiger partial charge in [-0.3, -0.25) is 0 Å². The molecule has 0 radical (unpaired) electrons. The van der Waals surface area contributed by atoms with Crippen molar-refractivity contribution in [2.75, 3.05) is 18.5 Å². The molecule has 2 rings (SSSR count). The summed E-state index contributed by atoms with van der Waals surface area (Å²) in [5.74, 6) is 1.00. The van der Waals surface area contributed by atoms with E-state index in [9.17, 15) is 0 Å². The molecule has 8 nitrogen and oxygen atoms in total. The highest BCUT2D eigenvalue weighted by Crippen LogP contribution is 2.17. The standard InChI is InChI=1S/C12H19N7O/c1-4-6-13-11-15-10(9-8-14-18-19(9)3)16-12(17-11)20-7-5-2/h8H,4-7H2,1-3H3,(H,13,15,16,17). The molecule has 0 saturated carbocycles. The van der Waals surface area contributed by atoms with E-state index in [1.54, 1.807) is 17.9 Å². The number of hydrogen-bond donors (Lipinski definition) is 1. The number of anilines is 1. The zero-order chi connectivity index (χ0) is 14.4. The Balaban J connectivity index is 2.32. The molecular weight excluding hydrogens is 258 g/mol. The zero-order valence-electron chi connectivity index (χ0n) is 12.0. The van der Waals surface area contributed by atoms with E-state index < -0.39 is 0 Å². The van der Waals surface area contributed by atoms with Crippen molar-refractivity contribution in [2.45, 2.75) is 26.7 Å². The first kappa shape index (κ1) is 14.2. The quantitative estimate of drug-likeness (QED) is 0.815. The summed E-state index contributed by atoms with van der Waals surface area (Å²) in [6.45, 7) is 5.47. The molecule has 2 aromatic rings. The number of aromatic nitrogens is 6. The molecule has 0 aliphatic rings. The monoisotopic (exact) mass is 277 g/mol. The third-order valence-electron chi connectivity index (χ3n) is 2.53. The molecule has 2 heterocycles. The molecule has 20 heavy (non-hydrogen) atoms. The fourth-order valence-electron chi connectivity index (χ4n) is 1.54. The van der Waals surface area contributed by atoms with Crippen molar-refractivity contribution in [3.05, 3.63) is 6.20 Å². The molecular formula is C12H19N7O. The molecule has 0 bridgehead atoms. The number of nitrogens with zero attached hydrogens (tertiary/aromatic N) is 6. The van der Waals surface area contributed by atoms with Gasteiger partial charge in [0.2, 0.25) is 5.95 Å². The molecule has 0 saturated heterocycles. The summed E-state index contributed by atoms with van der Waals surface area (Å²) in [6, 6.07) is 0.316. The van der Waals surface area contributed by atoms with Crippen molar-refractivity contribution in [1.29, 1.82) is 0 Å². The summed E-state index contributed by atoms with van der Waals surface area (Å²) < 4.78 is 7.12. The smallest absolute Gasteiger partial charge is 0.321 e.